The molecule has 4 rings (SSSR count). The molecule has 10 heteroatoms. The Labute approximate surface area is 195 Å². The van der Waals surface area contributed by atoms with Crippen LogP contribution in [0.3, 0.4) is 0 Å². The van der Waals surface area contributed by atoms with E-state index in [2.05, 4.69) is 25.8 Å². The minimum atomic E-state index is -0.559. The second kappa shape index (κ2) is 10.6. The van der Waals surface area contributed by atoms with Gasteiger partial charge >= 0.3 is 5.69 Å². The SMILES string of the molecule is O=C(NNc1ncnc(N(Cc2ccccc2)Cc2ccccc2)c1[N+](=O)[O-])c1cccnc1. The van der Waals surface area contributed by atoms with Gasteiger partial charge in [0.05, 0.1) is 10.5 Å². The Morgan fingerprint density at radius 3 is 2.12 bits per heavy atom. The Morgan fingerprint density at radius 1 is 0.912 bits per heavy atom. The first-order valence-corrected chi connectivity index (χ1v) is 10.4. The van der Waals surface area contributed by atoms with E-state index in [0.717, 1.165) is 11.1 Å². The van der Waals surface area contributed by atoms with Gasteiger partial charge in [-0.15, -0.1) is 0 Å². The van der Waals surface area contributed by atoms with Crippen molar-refractivity contribution in [2.75, 3.05) is 10.3 Å². The van der Waals surface area contributed by atoms with E-state index in [1.165, 1.54) is 12.5 Å². The van der Waals surface area contributed by atoms with Crippen LogP contribution in [0.25, 0.3) is 0 Å². The van der Waals surface area contributed by atoms with Crippen LogP contribution in [0.1, 0.15) is 21.5 Å². The van der Waals surface area contributed by atoms with E-state index < -0.39 is 10.8 Å². The molecule has 0 bridgehead atoms. The van der Waals surface area contributed by atoms with Crippen molar-refractivity contribution >= 4 is 23.2 Å². The molecule has 0 spiro atoms. The molecule has 10 nitrogen and oxygen atoms in total. The summed E-state index contributed by atoms with van der Waals surface area (Å²) >= 11 is 0. The predicted octanol–water partition coefficient (Wildman–Crippen LogP) is 3.74. The summed E-state index contributed by atoms with van der Waals surface area (Å²) in [6.07, 6.45) is 4.15. The average molecular weight is 455 g/mol. The molecule has 0 saturated heterocycles. The summed E-state index contributed by atoms with van der Waals surface area (Å²) in [5.74, 6) is -0.503. The van der Waals surface area contributed by atoms with Crippen molar-refractivity contribution in [2.24, 2.45) is 0 Å². The minimum absolute atomic E-state index is 0.127. The van der Waals surface area contributed by atoms with Gasteiger partial charge in [0.2, 0.25) is 11.6 Å². The average Bonchev–Trinajstić information content (AvgIpc) is 2.88. The number of amides is 1. The molecule has 0 aliphatic heterocycles. The Hall–Kier alpha value is -4.86. The summed E-state index contributed by atoms with van der Waals surface area (Å²) in [4.78, 5) is 37.9. The second-order valence-electron chi connectivity index (χ2n) is 7.30. The number of hydrazine groups is 1. The molecule has 0 fully saturated rings. The maximum atomic E-state index is 12.4. The molecule has 2 aromatic carbocycles. The van der Waals surface area contributed by atoms with E-state index in [-0.39, 0.29) is 17.3 Å². The summed E-state index contributed by atoms with van der Waals surface area (Å²) in [5, 5.41) is 12.1. The molecule has 4 aromatic rings. The lowest BCUT2D eigenvalue weighted by molar-refractivity contribution is -0.383. The van der Waals surface area contributed by atoms with Gasteiger partial charge in [0, 0.05) is 25.5 Å². The monoisotopic (exact) mass is 455 g/mol. The number of nitrogens with zero attached hydrogens (tertiary/aromatic N) is 5. The summed E-state index contributed by atoms with van der Waals surface area (Å²) in [6.45, 7) is 0.768. The van der Waals surface area contributed by atoms with Crippen molar-refractivity contribution < 1.29 is 9.72 Å². The van der Waals surface area contributed by atoms with Crippen molar-refractivity contribution in [3.05, 3.63) is 118 Å². The zero-order valence-corrected chi connectivity index (χ0v) is 18.0. The molecule has 2 heterocycles. The zero-order valence-electron chi connectivity index (χ0n) is 18.0. The topological polar surface area (TPSA) is 126 Å². The molecule has 0 saturated carbocycles. The third-order valence-corrected chi connectivity index (χ3v) is 4.94. The molecule has 2 N–H and O–H groups in total. The third-order valence-electron chi connectivity index (χ3n) is 4.94. The molecule has 0 unspecified atom stereocenters. The molecule has 34 heavy (non-hydrogen) atoms. The minimum Gasteiger partial charge on any atom is -0.342 e. The summed E-state index contributed by atoms with van der Waals surface area (Å²) in [7, 11) is 0. The van der Waals surface area contributed by atoms with Crippen molar-refractivity contribution in [1.82, 2.24) is 20.4 Å². The maximum absolute atomic E-state index is 12.4. The van der Waals surface area contributed by atoms with Crippen molar-refractivity contribution in [2.45, 2.75) is 13.1 Å². The highest BCUT2D eigenvalue weighted by molar-refractivity contribution is 5.94. The molecule has 2 aromatic heterocycles. The normalized spacial score (nSPS) is 10.4. The Bertz CT molecular complexity index is 1210. The number of hydrogen-bond donors (Lipinski definition) is 2. The van der Waals surface area contributed by atoms with Gasteiger partial charge in [-0.1, -0.05) is 60.7 Å². The third kappa shape index (κ3) is 5.49. The number of benzene rings is 2. The van der Waals surface area contributed by atoms with Gasteiger partial charge in [0.25, 0.3) is 5.91 Å². The number of anilines is 2. The fourth-order valence-corrected chi connectivity index (χ4v) is 3.36. The van der Waals surface area contributed by atoms with Gasteiger partial charge < -0.3 is 4.90 Å². The van der Waals surface area contributed by atoms with Crippen molar-refractivity contribution in [3.8, 4) is 0 Å². The molecule has 0 aliphatic rings. The highest BCUT2D eigenvalue weighted by Crippen LogP contribution is 2.33. The molecular weight excluding hydrogens is 434 g/mol. The molecular formula is C24H21N7O3. The van der Waals surface area contributed by atoms with Crippen LogP contribution in [0, 0.1) is 10.1 Å². The number of nitro groups is 1. The van der Waals surface area contributed by atoms with Crippen LogP contribution >= 0.6 is 0 Å². The number of carbonyl (C=O) groups is 1. The summed E-state index contributed by atoms with van der Waals surface area (Å²) in [6, 6.07) is 22.4. The number of pyridine rings is 1. The molecule has 1 amide bonds. The highest BCUT2D eigenvalue weighted by atomic mass is 16.6. The van der Waals surface area contributed by atoms with Gasteiger partial charge in [0.15, 0.2) is 0 Å². The summed E-state index contributed by atoms with van der Waals surface area (Å²) < 4.78 is 0. The Balaban J connectivity index is 1.66. The number of nitrogens with one attached hydrogen (secondary N) is 2. The van der Waals surface area contributed by atoms with Gasteiger partial charge in [-0.25, -0.2) is 9.97 Å². The standard InChI is InChI=1S/C24H21N7O3/c32-24(20-12-7-13-25-14-20)29-28-22-21(31(33)34)23(27-17-26-22)30(15-18-8-3-1-4-9-18)16-19-10-5-2-6-11-19/h1-14,17H,15-16H2,(H,29,32)(H,26,27,28). The van der Waals surface area contributed by atoms with E-state index >= 15 is 0 Å². The van der Waals surface area contributed by atoms with E-state index in [1.807, 2.05) is 60.7 Å². The number of hydrogen-bond acceptors (Lipinski definition) is 8. The fourth-order valence-electron chi connectivity index (χ4n) is 3.36. The highest BCUT2D eigenvalue weighted by Gasteiger charge is 2.28. The predicted molar refractivity (Wildman–Crippen MR) is 127 cm³/mol. The van der Waals surface area contributed by atoms with Crippen molar-refractivity contribution in [3.63, 3.8) is 0 Å². The number of rotatable bonds is 9. The largest absolute Gasteiger partial charge is 0.355 e. The smallest absolute Gasteiger partial charge is 0.342 e. The van der Waals surface area contributed by atoms with Gasteiger partial charge in [-0.2, -0.15) is 0 Å². The van der Waals surface area contributed by atoms with Crippen LogP contribution in [0.2, 0.25) is 0 Å². The van der Waals surface area contributed by atoms with E-state index in [9.17, 15) is 14.9 Å². The van der Waals surface area contributed by atoms with Crippen LogP contribution in [0.15, 0.2) is 91.5 Å². The number of carbonyl (C=O) groups excluding carboxylic acids is 1. The van der Waals surface area contributed by atoms with Crippen LogP contribution in [-0.4, -0.2) is 25.8 Å². The van der Waals surface area contributed by atoms with E-state index in [4.69, 9.17) is 0 Å². The van der Waals surface area contributed by atoms with Crippen LogP contribution in [0.5, 0.6) is 0 Å². The van der Waals surface area contributed by atoms with Crippen LogP contribution in [-0.2, 0) is 13.1 Å². The lowest BCUT2D eigenvalue weighted by Gasteiger charge is -2.24. The quantitative estimate of drug-likeness (QED) is 0.289. The van der Waals surface area contributed by atoms with Gasteiger partial charge in [-0.3, -0.25) is 30.7 Å². The molecule has 0 radical (unpaired) electrons. The lowest BCUT2D eigenvalue weighted by atomic mass is 10.1. The molecule has 0 aliphatic carbocycles. The van der Waals surface area contributed by atoms with Crippen molar-refractivity contribution in [1.29, 1.82) is 0 Å². The lowest BCUT2D eigenvalue weighted by Crippen LogP contribution is -2.31. The summed E-state index contributed by atoms with van der Waals surface area (Å²) in [5.41, 5.74) is 6.88. The zero-order chi connectivity index (χ0) is 23.8. The van der Waals surface area contributed by atoms with Gasteiger partial charge in [-0.05, 0) is 23.3 Å². The first-order valence-electron chi connectivity index (χ1n) is 10.4. The van der Waals surface area contributed by atoms with Crippen LogP contribution in [0.4, 0.5) is 17.3 Å². The van der Waals surface area contributed by atoms with Gasteiger partial charge in [0.1, 0.15) is 6.33 Å². The molecule has 170 valence electrons. The number of aromatic nitrogens is 3. The maximum Gasteiger partial charge on any atom is 0.355 e. The van der Waals surface area contributed by atoms with E-state index in [1.54, 1.807) is 23.2 Å². The van der Waals surface area contributed by atoms with E-state index in [0.29, 0.717) is 18.7 Å². The first-order chi connectivity index (χ1) is 16.6. The molecule has 0 atom stereocenters. The first kappa shape index (κ1) is 22.3. The Morgan fingerprint density at radius 2 is 1.56 bits per heavy atom. The second-order valence-corrected chi connectivity index (χ2v) is 7.30. The fraction of sp³-hybridized carbons (Fsp3) is 0.0833. The van der Waals surface area contributed by atoms with Crippen LogP contribution < -0.4 is 15.8 Å². The Kier molecular flexibility index (Phi) is 6.99.